The summed E-state index contributed by atoms with van der Waals surface area (Å²) in [5, 5.41) is 1.06. The van der Waals surface area contributed by atoms with E-state index in [2.05, 4.69) is 54.4 Å². The van der Waals surface area contributed by atoms with Crippen LogP contribution in [0.1, 0.15) is 63.4 Å². The van der Waals surface area contributed by atoms with Gasteiger partial charge in [0.25, 0.3) is 5.91 Å². The van der Waals surface area contributed by atoms with E-state index in [4.69, 9.17) is 26.8 Å². The number of ketones is 1. The van der Waals surface area contributed by atoms with Crippen molar-refractivity contribution in [1.29, 1.82) is 0 Å². The van der Waals surface area contributed by atoms with E-state index in [-0.39, 0.29) is 23.2 Å². The zero-order valence-electron chi connectivity index (χ0n) is 28.9. The van der Waals surface area contributed by atoms with Gasteiger partial charge < -0.3 is 25.0 Å². The van der Waals surface area contributed by atoms with E-state index < -0.39 is 5.91 Å². The van der Waals surface area contributed by atoms with Crippen LogP contribution in [0.15, 0.2) is 59.2 Å². The fourth-order valence-corrected chi connectivity index (χ4v) is 6.39. The van der Waals surface area contributed by atoms with Crippen molar-refractivity contribution in [2.24, 2.45) is 22.1 Å². The molecule has 1 saturated heterocycles. The molecule has 10 heteroatoms. The third kappa shape index (κ3) is 9.43. The summed E-state index contributed by atoms with van der Waals surface area (Å²) in [7, 11) is 0. The number of aromatic nitrogens is 1. The van der Waals surface area contributed by atoms with Crippen LogP contribution >= 0.6 is 11.6 Å². The summed E-state index contributed by atoms with van der Waals surface area (Å²) in [5.41, 5.74) is 9.41. The Bertz CT molecular complexity index is 1700. The van der Waals surface area contributed by atoms with Gasteiger partial charge in [-0.25, -0.2) is 0 Å². The lowest BCUT2D eigenvalue weighted by atomic mass is 9.89. The fraction of sp³-hybridized carbons (Fsp3) is 0.474. The highest BCUT2D eigenvalue weighted by Crippen LogP contribution is 2.35. The molecule has 9 nitrogen and oxygen atoms in total. The van der Waals surface area contributed by atoms with Crippen LogP contribution in [0.2, 0.25) is 5.02 Å². The molecule has 3 heterocycles. The number of nitrogens with two attached hydrogens (primary N) is 1. The summed E-state index contributed by atoms with van der Waals surface area (Å²) < 4.78 is 12.3. The topological polar surface area (TPSA) is 110 Å². The second-order valence-electron chi connectivity index (χ2n) is 14.3. The molecule has 0 radical (unpaired) electrons. The SMILES string of the molecule is CC(C)CN1CCN(CCCOc2cc3nccc(Oc4ccc(CC(=O)CC5=CC(C(C)(C)C)=NC5)c(Cl)c4)c3cc2C(N)=O)CC1. The molecule has 2 aliphatic rings. The van der Waals surface area contributed by atoms with Gasteiger partial charge in [-0.05, 0) is 53.8 Å². The van der Waals surface area contributed by atoms with Crippen LogP contribution in [-0.4, -0.2) is 84.6 Å². The molecule has 3 aromatic rings. The number of benzene rings is 2. The number of nitrogens with zero attached hydrogens (tertiary/aromatic N) is 4. The third-order valence-electron chi connectivity index (χ3n) is 8.66. The molecule has 2 aliphatic heterocycles. The predicted molar refractivity (Wildman–Crippen MR) is 193 cm³/mol. The van der Waals surface area contributed by atoms with Gasteiger partial charge in [0.2, 0.25) is 0 Å². The first-order valence-corrected chi connectivity index (χ1v) is 17.3. The Balaban J connectivity index is 1.19. The summed E-state index contributed by atoms with van der Waals surface area (Å²) in [6.45, 7) is 18.3. The number of fused-ring (bicyclic) bond motifs is 1. The van der Waals surface area contributed by atoms with Gasteiger partial charge in [-0.3, -0.25) is 19.6 Å². The standard InChI is InChI=1S/C38H48ClN5O4/c1-25(2)24-44-14-12-43(13-15-44)11-6-16-47-35-22-33-30(21-31(35)37(40)46)34(9-10-41-33)48-29-8-7-27(32(39)20-29)19-28(45)17-26-18-36(42-23-26)38(3,4)5/h7-10,18,20-22,25H,6,11-17,19,23-24H2,1-5H3,(H2,40,46). The van der Waals surface area contributed by atoms with E-state index in [0.29, 0.717) is 58.7 Å². The van der Waals surface area contributed by atoms with Crippen molar-refractivity contribution in [2.75, 3.05) is 52.4 Å². The van der Waals surface area contributed by atoms with E-state index in [1.807, 2.05) is 12.1 Å². The molecule has 0 aliphatic carbocycles. The van der Waals surface area contributed by atoms with Gasteiger partial charge >= 0.3 is 0 Å². The number of hydrogen-bond acceptors (Lipinski definition) is 8. The molecule has 1 aromatic heterocycles. The summed E-state index contributed by atoms with van der Waals surface area (Å²) in [5.74, 6) is 1.58. The number of Topliss-reactive ketones (excluding diaryl/α,β-unsaturated/α-hetero) is 1. The molecule has 5 rings (SSSR count). The van der Waals surface area contributed by atoms with E-state index in [9.17, 15) is 9.59 Å². The molecule has 0 bridgehead atoms. The molecule has 0 spiro atoms. The summed E-state index contributed by atoms with van der Waals surface area (Å²) in [6, 6.07) is 10.4. The largest absolute Gasteiger partial charge is 0.493 e. The van der Waals surface area contributed by atoms with Gasteiger partial charge in [0.15, 0.2) is 0 Å². The Morgan fingerprint density at radius 1 is 1.00 bits per heavy atom. The van der Waals surface area contributed by atoms with Crippen LogP contribution in [0.5, 0.6) is 17.2 Å². The number of primary amides is 1. The van der Waals surface area contributed by atoms with Crippen molar-refractivity contribution in [3.63, 3.8) is 0 Å². The van der Waals surface area contributed by atoms with Crippen molar-refractivity contribution in [3.8, 4) is 17.2 Å². The molecular formula is C38H48ClN5O4. The molecule has 0 atom stereocenters. The van der Waals surface area contributed by atoms with Crippen molar-refractivity contribution in [3.05, 3.63) is 70.4 Å². The number of allylic oxidation sites excluding steroid dienone is 1. The van der Waals surface area contributed by atoms with Gasteiger partial charge in [0.1, 0.15) is 23.0 Å². The van der Waals surface area contributed by atoms with Gasteiger partial charge in [0.05, 0.1) is 24.2 Å². The average molecular weight is 674 g/mol. The second kappa shape index (κ2) is 15.6. The van der Waals surface area contributed by atoms with Crippen molar-refractivity contribution < 1.29 is 19.1 Å². The quantitative estimate of drug-likeness (QED) is 0.189. The van der Waals surface area contributed by atoms with Crippen LogP contribution in [0.25, 0.3) is 10.9 Å². The Morgan fingerprint density at radius 3 is 2.42 bits per heavy atom. The second-order valence-corrected chi connectivity index (χ2v) is 14.7. The summed E-state index contributed by atoms with van der Waals surface area (Å²) in [6.07, 6.45) is 5.10. The lowest BCUT2D eigenvalue weighted by Crippen LogP contribution is -2.47. The number of ether oxygens (including phenoxy) is 2. The van der Waals surface area contributed by atoms with Gasteiger partial charge in [-0.1, -0.05) is 52.3 Å². The third-order valence-corrected chi connectivity index (χ3v) is 9.01. The number of halogens is 1. The highest BCUT2D eigenvalue weighted by atomic mass is 35.5. The fourth-order valence-electron chi connectivity index (χ4n) is 6.15. The first-order valence-electron chi connectivity index (χ1n) is 16.9. The van der Waals surface area contributed by atoms with E-state index in [1.165, 1.54) is 0 Å². The van der Waals surface area contributed by atoms with Crippen LogP contribution in [0, 0.1) is 11.3 Å². The van der Waals surface area contributed by atoms with Crippen LogP contribution < -0.4 is 15.2 Å². The van der Waals surface area contributed by atoms with Gasteiger partial charge in [0, 0.05) is 85.9 Å². The molecule has 2 N–H and O–H groups in total. The van der Waals surface area contributed by atoms with E-state index in [1.54, 1.807) is 36.5 Å². The first kappa shape index (κ1) is 35.5. The lowest BCUT2D eigenvalue weighted by molar-refractivity contribution is -0.117. The Kier molecular flexibility index (Phi) is 11.6. The molecular weight excluding hydrogens is 626 g/mol. The molecule has 1 amide bonds. The van der Waals surface area contributed by atoms with Gasteiger partial charge in [-0.15, -0.1) is 0 Å². The number of aliphatic imine (C=N–C) groups is 1. The molecule has 2 aromatic carbocycles. The van der Waals surface area contributed by atoms with Gasteiger partial charge in [-0.2, -0.15) is 0 Å². The molecule has 0 unspecified atom stereocenters. The van der Waals surface area contributed by atoms with Crippen LogP contribution in [0.4, 0.5) is 0 Å². The number of carbonyl (C=O) groups excluding carboxylic acids is 2. The normalized spacial score (nSPS) is 15.9. The number of amides is 1. The van der Waals surface area contributed by atoms with Crippen LogP contribution in [0.3, 0.4) is 0 Å². The van der Waals surface area contributed by atoms with E-state index in [0.717, 1.165) is 62.5 Å². The summed E-state index contributed by atoms with van der Waals surface area (Å²) in [4.78, 5) is 39.4. The number of carbonyl (C=O) groups is 2. The molecule has 0 saturated carbocycles. The maximum Gasteiger partial charge on any atom is 0.252 e. The van der Waals surface area contributed by atoms with Crippen molar-refractivity contribution in [2.45, 2.75) is 53.9 Å². The molecule has 1 fully saturated rings. The minimum Gasteiger partial charge on any atom is -0.493 e. The average Bonchev–Trinajstić information content (AvgIpc) is 3.50. The van der Waals surface area contributed by atoms with Crippen molar-refractivity contribution >= 4 is 39.9 Å². The molecule has 48 heavy (non-hydrogen) atoms. The smallest absolute Gasteiger partial charge is 0.252 e. The Labute approximate surface area is 289 Å². The highest BCUT2D eigenvalue weighted by Gasteiger charge is 2.23. The number of hydrogen-bond donors (Lipinski definition) is 1. The Hall–Kier alpha value is -3.79. The maximum atomic E-state index is 12.9. The monoisotopic (exact) mass is 673 g/mol. The lowest BCUT2D eigenvalue weighted by Gasteiger charge is -2.35. The van der Waals surface area contributed by atoms with Crippen LogP contribution in [-0.2, 0) is 11.2 Å². The minimum absolute atomic E-state index is 0.0370. The minimum atomic E-state index is -0.588. The first-order chi connectivity index (χ1) is 22.9. The van der Waals surface area contributed by atoms with E-state index >= 15 is 0 Å². The Morgan fingerprint density at radius 2 is 1.75 bits per heavy atom. The highest BCUT2D eigenvalue weighted by molar-refractivity contribution is 6.31. The predicted octanol–water partition coefficient (Wildman–Crippen LogP) is 6.75. The number of pyridine rings is 1. The maximum absolute atomic E-state index is 12.9. The summed E-state index contributed by atoms with van der Waals surface area (Å²) >= 11 is 6.61. The zero-order valence-corrected chi connectivity index (χ0v) is 29.6. The number of piperazine rings is 1. The number of rotatable bonds is 14. The molecule has 256 valence electrons. The zero-order chi connectivity index (χ0) is 34.4. The van der Waals surface area contributed by atoms with Crippen molar-refractivity contribution in [1.82, 2.24) is 14.8 Å².